The van der Waals surface area contributed by atoms with Crippen LogP contribution in [0.15, 0.2) is 30.3 Å². The predicted molar refractivity (Wildman–Crippen MR) is 41.9 cm³/mol. The van der Waals surface area contributed by atoms with E-state index in [0.717, 1.165) is 5.56 Å². The highest BCUT2D eigenvalue weighted by molar-refractivity contribution is 5.14. The van der Waals surface area contributed by atoms with Crippen LogP contribution in [0.2, 0.25) is 0 Å². The van der Waals surface area contributed by atoms with E-state index in [9.17, 15) is 4.39 Å². The highest BCUT2D eigenvalue weighted by Crippen LogP contribution is 2.04. The fraction of sp³-hybridized carbons (Fsp3) is 0.333. The van der Waals surface area contributed by atoms with Gasteiger partial charge in [-0.25, -0.2) is 4.39 Å². The third-order valence-corrected chi connectivity index (χ3v) is 1.51. The number of aliphatic hydroxyl groups is 1. The fourth-order valence-corrected chi connectivity index (χ4v) is 0.930. The van der Waals surface area contributed by atoms with Gasteiger partial charge in [0.1, 0.15) is 0 Å². The molecular weight excluding hydrogens is 143 g/mol. The summed E-state index contributed by atoms with van der Waals surface area (Å²) >= 11 is 0. The van der Waals surface area contributed by atoms with Crippen LogP contribution in [0.4, 0.5) is 4.39 Å². The monoisotopic (exact) mass is 154 g/mol. The van der Waals surface area contributed by atoms with Gasteiger partial charge in [0, 0.05) is 6.42 Å². The van der Waals surface area contributed by atoms with Crippen molar-refractivity contribution >= 4 is 0 Å². The van der Waals surface area contributed by atoms with Crippen molar-refractivity contribution in [1.82, 2.24) is 0 Å². The molecule has 0 radical (unpaired) electrons. The van der Waals surface area contributed by atoms with Gasteiger partial charge < -0.3 is 5.11 Å². The zero-order valence-corrected chi connectivity index (χ0v) is 6.20. The molecule has 0 amide bonds. The van der Waals surface area contributed by atoms with Crippen LogP contribution in [0.1, 0.15) is 12.0 Å². The number of hydrogen-bond donors (Lipinski definition) is 1. The molecule has 0 aromatic heterocycles. The number of rotatable bonds is 3. The van der Waals surface area contributed by atoms with Crippen molar-refractivity contribution in [3.05, 3.63) is 35.9 Å². The number of aryl methyl sites for hydroxylation is 1. The number of benzene rings is 1. The van der Waals surface area contributed by atoms with Crippen LogP contribution in [0, 0.1) is 0 Å². The lowest BCUT2D eigenvalue weighted by atomic mass is 10.1. The van der Waals surface area contributed by atoms with E-state index in [-0.39, 0.29) is 6.42 Å². The standard InChI is InChI=1S/C9H11FO/c10-9(11)7-6-8-4-2-1-3-5-8/h1-5,9,11H,6-7H2. The second-order valence-electron chi connectivity index (χ2n) is 2.46. The second kappa shape index (κ2) is 4.09. The Morgan fingerprint density at radius 1 is 1.27 bits per heavy atom. The molecule has 0 spiro atoms. The molecule has 0 aliphatic carbocycles. The summed E-state index contributed by atoms with van der Waals surface area (Å²) in [7, 11) is 0. The van der Waals surface area contributed by atoms with Gasteiger partial charge in [-0.1, -0.05) is 30.3 Å². The average molecular weight is 154 g/mol. The first-order valence-electron chi connectivity index (χ1n) is 3.65. The van der Waals surface area contributed by atoms with Gasteiger partial charge in [0.2, 0.25) is 0 Å². The van der Waals surface area contributed by atoms with Crippen molar-refractivity contribution in [2.45, 2.75) is 19.2 Å². The Morgan fingerprint density at radius 2 is 1.91 bits per heavy atom. The van der Waals surface area contributed by atoms with Crippen LogP contribution in [-0.4, -0.2) is 11.5 Å². The molecule has 1 rings (SSSR count). The van der Waals surface area contributed by atoms with Gasteiger partial charge >= 0.3 is 0 Å². The van der Waals surface area contributed by atoms with Gasteiger partial charge in [-0.2, -0.15) is 0 Å². The highest BCUT2D eigenvalue weighted by Gasteiger charge is 1.99. The van der Waals surface area contributed by atoms with Crippen molar-refractivity contribution in [3.8, 4) is 0 Å². The largest absolute Gasteiger partial charge is 0.364 e. The summed E-state index contributed by atoms with van der Waals surface area (Å²) in [5.74, 6) is 0. The van der Waals surface area contributed by atoms with Crippen LogP contribution < -0.4 is 0 Å². The molecular formula is C9H11FO. The van der Waals surface area contributed by atoms with Crippen molar-refractivity contribution in [1.29, 1.82) is 0 Å². The maximum absolute atomic E-state index is 11.9. The Bertz CT molecular complexity index is 196. The van der Waals surface area contributed by atoms with Crippen LogP contribution in [0.25, 0.3) is 0 Å². The lowest BCUT2D eigenvalue weighted by Gasteiger charge is -2.00. The summed E-state index contributed by atoms with van der Waals surface area (Å²) in [6.07, 6.45) is -0.905. The Labute approximate surface area is 65.5 Å². The van der Waals surface area contributed by atoms with E-state index in [1.165, 1.54) is 0 Å². The third kappa shape index (κ3) is 3.14. The zero-order chi connectivity index (χ0) is 8.10. The molecule has 1 aromatic rings. The lowest BCUT2D eigenvalue weighted by molar-refractivity contribution is 0.0349. The SMILES string of the molecule is OC(F)CCc1ccccc1. The minimum absolute atomic E-state index is 0.185. The first kappa shape index (κ1) is 8.21. The summed E-state index contributed by atoms with van der Waals surface area (Å²) in [4.78, 5) is 0. The van der Waals surface area contributed by atoms with Crippen LogP contribution >= 0.6 is 0 Å². The second-order valence-corrected chi connectivity index (χ2v) is 2.46. The van der Waals surface area contributed by atoms with Gasteiger partial charge in [0.05, 0.1) is 0 Å². The molecule has 0 bridgehead atoms. The number of halogens is 1. The summed E-state index contributed by atoms with van der Waals surface area (Å²) in [5, 5.41) is 8.35. The predicted octanol–water partition coefficient (Wildman–Crippen LogP) is 1.91. The van der Waals surface area contributed by atoms with Crippen LogP contribution in [0.3, 0.4) is 0 Å². The minimum Gasteiger partial charge on any atom is -0.364 e. The normalized spacial score (nSPS) is 12.9. The van der Waals surface area contributed by atoms with E-state index < -0.39 is 6.36 Å². The molecule has 0 aliphatic rings. The van der Waals surface area contributed by atoms with E-state index in [4.69, 9.17) is 5.11 Å². The van der Waals surface area contributed by atoms with E-state index in [2.05, 4.69) is 0 Å². The molecule has 2 heteroatoms. The molecule has 1 aromatic carbocycles. The van der Waals surface area contributed by atoms with Crippen molar-refractivity contribution in [3.63, 3.8) is 0 Å². The molecule has 0 fully saturated rings. The van der Waals surface area contributed by atoms with E-state index in [1.807, 2.05) is 30.3 Å². The average Bonchev–Trinajstić information content (AvgIpc) is 2.03. The molecule has 0 aliphatic heterocycles. The van der Waals surface area contributed by atoms with Gasteiger partial charge in [-0.15, -0.1) is 0 Å². The number of aliphatic hydroxyl groups excluding tert-OH is 1. The maximum atomic E-state index is 11.9. The Balaban J connectivity index is 2.39. The third-order valence-electron chi connectivity index (χ3n) is 1.51. The van der Waals surface area contributed by atoms with Gasteiger partial charge in [-0.05, 0) is 12.0 Å². The van der Waals surface area contributed by atoms with E-state index in [0.29, 0.717) is 6.42 Å². The molecule has 0 saturated carbocycles. The molecule has 0 saturated heterocycles. The zero-order valence-electron chi connectivity index (χ0n) is 6.20. The molecule has 11 heavy (non-hydrogen) atoms. The molecule has 1 nitrogen and oxygen atoms in total. The lowest BCUT2D eigenvalue weighted by Crippen LogP contribution is -1.99. The van der Waals surface area contributed by atoms with Crippen LogP contribution in [0.5, 0.6) is 0 Å². The molecule has 60 valence electrons. The topological polar surface area (TPSA) is 20.2 Å². The number of hydrogen-bond acceptors (Lipinski definition) is 1. The summed E-state index contributed by atoms with van der Waals surface area (Å²) in [6.45, 7) is 0. The van der Waals surface area contributed by atoms with Crippen LogP contribution in [-0.2, 0) is 6.42 Å². The van der Waals surface area contributed by atoms with Gasteiger partial charge in [-0.3, -0.25) is 0 Å². The first-order valence-corrected chi connectivity index (χ1v) is 3.65. The molecule has 1 atom stereocenters. The van der Waals surface area contributed by atoms with E-state index in [1.54, 1.807) is 0 Å². The molecule has 1 N–H and O–H groups in total. The first-order chi connectivity index (χ1) is 5.29. The van der Waals surface area contributed by atoms with E-state index >= 15 is 0 Å². The fourth-order valence-electron chi connectivity index (χ4n) is 0.930. The Hall–Kier alpha value is -0.890. The summed E-state index contributed by atoms with van der Waals surface area (Å²) in [6, 6.07) is 9.56. The number of alkyl halides is 1. The maximum Gasteiger partial charge on any atom is 0.196 e. The molecule has 0 heterocycles. The summed E-state index contributed by atoms with van der Waals surface area (Å²) in [5.41, 5.74) is 1.06. The Morgan fingerprint density at radius 3 is 2.45 bits per heavy atom. The Kier molecular flexibility index (Phi) is 3.05. The van der Waals surface area contributed by atoms with Gasteiger partial charge in [0.15, 0.2) is 6.36 Å². The minimum atomic E-state index is -1.68. The van der Waals surface area contributed by atoms with Crippen molar-refractivity contribution < 1.29 is 9.50 Å². The van der Waals surface area contributed by atoms with Crippen molar-refractivity contribution in [2.75, 3.05) is 0 Å². The summed E-state index contributed by atoms with van der Waals surface area (Å²) < 4.78 is 11.9. The highest BCUT2D eigenvalue weighted by atomic mass is 19.1. The smallest absolute Gasteiger partial charge is 0.196 e. The quantitative estimate of drug-likeness (QED) is 0.705. The molecule has 1 unspecified atom stereocenters. The van der Waals surface area contributed by atoms with Gasteiger partial charge in [0.25, 0.3) is 0 Å². The van der Waals surface area contributed by atoms with Crippen molar-refractivity contribution in [2.24, 2.45) is 0 Å².